The van der Waals surface area contributed by atoms with Gasteiger partial charge >= 0.3 is 0 Å². The molecule has 1 aliphatic carbocycles. The Balaban J connectivity index is 1.51. The quantitative estimate of drug-likeness (QED) is 0.785. The minimum atomic E-state index is 0.371. The molecule has 5 heteroatoms. The van der Waals surface area contributed by atoms with Gasteiger partial charge in [-0.2, -0.15) is 5.10 Å². The first-order valence-corrected chi connectivity index (χ1v) is 9.07. The van der Waals surface area contributed by atoms with Crippen molar-refractivity contribution < 1.29 is 4.74 Å². The smallest absolute Gasteiger partial charge is 0.0736 e. The summed E-state index contributed by atoms with van der Waals surface area (Å²) in [6.07, 6.45) is 8.74. The van der Waals surface area contributed by atoms with Crippen LogP contribution in [0.4, 0.5) is 0 Å². The molecule has 4 rings (SSSR count). The van der Waals surface area contributed by atoms with E-state index in [4.69, 9.17) is 9.84 Å². The maximum Gasteiger partial charge on any atom is 0.0736 e. The fraction of sp³-hybridized carbons (Fsp3) is 0.579. The molecule has 2 aliphatic rings. The standard InChI is InChI=1S/C19H26N4O/c1-2-24-14-18-12-22(9-16-5-7-20-8-6-16)11-17-13-23(21-19(17)18)10-15-3-4-15/h5-8,13,15,18H,2-4,9-12,14H2,1H3. The second-order valence-electron chi connectivity index (χ2n) is 7.09. The molecule has 2 aromatic heterocycles. The highest BCUT2D eigenvalue weighted by Crippen LogP contribution is 2.33. The van der Waals surface area contributed by atoms with Gasteiger partial charge in [-0.05, 0) is 43.4 Å². The van der Waals surface area contributed by atoms with Crippen LogP contribution in [-0.2, 0) is 24.4 Å². The number of fused-ring (bicyclic) bond motifs is 1. The molecule has 1 fully saturated rings. The van der Waals surface area contributed by atoms with Crippen LogP contribution in [0.1, 0.15) is 42.5 Å². The zero-order chi connectivity index (χ0) is 16.4. The number of aromatic nitrogens is 3. The summed E-state index contributed by atoms with van der Waals surface area (Å²) >= 11 is 0. The predicted octanol–water partition coefficient (Wildman–Crippen LogP) is 2.82. The first kappa shape index (κ1) is 15.8. The van der Waals surface area contributed by atoms with Gasteiger partial charge in [-0.1, -0.05) is 0 Å². The minimum Gasteiger partial charge on any atom is -0.381 e. The fourth-order valence-electron chi connectivity index (χ4n) is 3.56. The maximum atomic E-state index is 5.75. The number of pyridine rings is 1. The van der Waals surface area contributed by atoms with Gasteiger partial charge < -0.3 is 4.74 Å². The SMILES string of the molecule is CCOCC1CN(Cc2ccncc2)Cc2cn(CC3CC3)nc21. The van der Waals surface area contributed by atoms with Gasteiger partial charge in [0.25, 0.3) is 0 Å². The van der Waals surface area contributed by atoms with E-state index < -0.39 is 0 Å². The van der Waals surface area contributed by atoms with Crippen molar-refractivity contribution in [2.75, 3.05) is 19.8 Å². The topological polar surface area (TPSA) is 43.2 Å². The third kappa shape index (κ3) is 3.68. The molecule has 0 saturated heterocycles. The van der Waals surface area contributed by atoms with Crippen LogP contribution in [0.5, 0.6) is 0 Å². The Morgan fingerprint density at radius 2 is 2.08 bits per heavy atom. The molecule has 3 heterocycles. The van der Waals surface area contributed by atoms with Gasteiger partial charge in [-0.3, -0.25) is 14.6 Å². The molecule has 1 saturated carbocycles. The molecule has 5 nitrogen and oxygen atoms in total. The number of hydrogen-bond acceptors (Lipinski definition) is 4. The van der Waals surface area contributed by atoms with Gasteiger partial charge in [0.1, 0.15) is 0 Å². The van der Waals surface area contributed by atoms with Crippen molar-refractivity contribution in [1.82, 2.24) is 19.7 Å². The Morgan fingerprint density at radius 1 is 1.25 bits per heavy atom. The van der Waals surface area contributed by atoms with Crippen molar-refractivity contribution >= 4 is 0 Å². The van der Waals surface area contributed by atoms with Crippen LogP contribution in [0.25, 0.3) is 0 Å². The fourth-order valence-corrected chi connectivity index (χ4v) is 3.56. The average Bonchev–Trinajstić information content (AvgIpc) is 3.31. The second kappa shape index (κ2) is 7.03. The van der Waals surface area contributed by atoms with E-state index in [1.54, 1.807) is 0 Å². The van der Waals surface area contributed by atoms with Gasteiger partial charge in [0.2, 0.25) is 0 Å². The molecule has 0 radical (unpaired) electrons. The second-order valence-corrected chi connectivity index (χ2v) is 7.09. The van der Waals surface area contributed by atoms with Crippen molar-refractivity contribution in [3.63, 3.8) is 0 Å². The molecule has 24 heavy (non-hydrogen) atoms. The van der Waals surface area contributed by atoms with E-state index in [0.29, 0.717) is 5.92 Å². The number of hydrogen-bond donors (Lipinski definition) is 0. The molecular formula is C19H26N4O. The number of rotatable bonds is 7. The lowest BCUT2D eigenvalue weighted by atomic mass is 9.97. The highest BCUT2D eigenvalue weighted by atomic mass is 16.5. The Morgan fingerprint density at radius 3 is 2.83 bits per heavy atom. The summed E-state index contributed by atoms with van der Waals surface area (Å²) < 4.78 is 7.92. The summed E-state index contributed by atoms with van der Waals surface area (Å²) in [5, 5.41) is 4.91. The Bertz CT molecular complexity index is 665. The summed E-state index contributed by atoms with van der Waals surface area (Å²) in [5.74, 6) is 1.22. The lowest BCUT2D eigenvalue weighted by Gasteiger charge is -2.31. The average molecular weight is 326 g/mol. The summed E-state index contributed by atoms with van der Waals surface area (Å²) in [6.45, 7) is 7.61. The summed E-state index contributed by atoms with van der Waals surface area (Å²) in [6, 6.07) is 4.20. The van der Waals surface area contributed by atoms with Gasteiger partial charge in [0.15, 0.2) is 0 Å². The van der Waals surface area contributed by atoms with Crippen molar-refractivity contribution in [1.29, 1.82) is 0 Å². The molecule has 0 spiro atoms. The molecule has 1 unspecified atom stereocenters. The van der Waals surface area contributed by atoms with Gasteiger partial charge in [-0.25, -0.2) is 0 Å². The molecule has 1 atom stereocenters. The van der Waals surface area contributed by atoms with Crippen LogP contribution in [0.2, 0.25) is 0 Å². The van der Waals surface area contributed by atoms with E-state index in [-0.39, 0.29) is 0 Å². The lowest BCUT2D eigenvalue weighted by molar-refractivity contribution is 0.104. The molecule has 0 N–H and O–H groups in total. The molecule has 128 valence electrons. The van der Waals surface area contributed by atoms with Crippen molar-refractivity contribution in [3.05, 3.63) is 47.5 Å². The third-order valence-corrected chi connectivity index (χ3v) is 4.95. The van der Waals surface area contributed by atoms with E-state index in [0.717, 1.165) is 45.3 Å². The van der Waals surface area contributed by atoms with Crippen molar-refractivity contribution in [3.8, 4) is 0 Å². The lowest BCUT2D eigenvalue weighted by Crippen LogP contribution is -2.34. The van der Waals surface area contributed by atoms with E-state index in [2.05, 4.69) is 39.8 Å². The van der Waals surface area contributed by atoms with E-state index in [1.807, 2.05) is 12.4 Å². The largest absolute Gasteiger partial charge is 0.381 e. The van der Waals surface area contributed by atoms with Crippen LogP contribution in [-0.4, -0.2) is 39.4 Å². The molecule has 2 aromatic rings. The Kier molecular flexibility index (Phi) is 4.63. The van der Waals surface area contributed by atoms with Crippen LogP contribution < -0.4 is 0 Å². The zero-order valence-corrected chi connectivity index (χ0v) is 14.4. The van der Waals surface area contributed by atoms with Crippen LogP contribution in [0, 0.1) is 5.92 Å². The molecule has 1 aliphatic heterocycles. The number of nitrogens with zero attached hydrogens (tertiary/aromatic N) is 4. The van der Waals surface area contributed by atoms with Crippen LogP contribution in [0.3, 0.4) is 0 Å². The minimum absolute atomic E-state index is 0.371. The first-order valence-electron chi connectivity index (χ1n) is 9.07. The molecule has 0 amide bonds. The van der Waals surface area contributed by atoms with Crippen molar-refractivity contribution in [2.45, 2.75) is 45.3 Å². The predicted molar refractivity (Wildman–Crippen MR) is 92.5 cm³/mol. The van der Waals surface area contributed by atoms with Gasteiger partial charge in [0, 0.05) is 62.9 Å². The van der Waals surface area contributed by atoms with E-state index >= 15 is 0 Å². The summed E-state index contributed by atoms with van der Waals surface area (Å²) in [5.41, 5.74) is 3.95. The van der Waals surface area contributed by atoms with E-state index in [1.165, 1.54) is 29.7 Å². The molecule has 0 aromatic carbocycles. The summed E-state index contributed by atoms with van der Waals surface area (Å²) in [4.78, 5) is 6.62. The van der Waals surface area contributed by atoms with Gasteiger partial charge in [0.05, 0.1) is 12.3 Å². The van der Waals surface area contributed by atoms with Crippen LogP contribution in [0.15, 0.2) is 30.7 Å². The maximum absolute atomic E-state index is 5.75. The highest BCUT2D eigenvalue weighted by Gasteiger charge is 2.30. The Labute approximate surface area is 143 Å². The van der Waals surface area contributed by atoms with E-state index in [9.17, 15) is 0 Å². The van der Waals surface area contributed by atoms with Gasteiger partial charge in [-0.15, -0.1) is 0 Å². The monoisotopic (exact) mass is 326 g/mol. The molecule has 0 bridgehead atoms. The molecular weight excluding hydrogens is 300 g/mol. The normalized spacial score (nSPS) is 21.0. The number of ether oxygens (including phenoxy) is 1. The van der Waals surface area contributed by atoms with Crippen molar-refractivity contribution in [2.24, 2.45) is 5.92 Å². The first-order chi connectivity index (χ1) is 11.8. The zero-order valence-electron chi connectivity index (χ0n) is 14.4. The third-order valence-electron chi connectivity index (χ3n) is 4.95. The summed E-state index contributed by atoms with van der Waals surface area (Å²) in [7, 11) is 0. The highest BCUT2D eigenvalue weighted by molar-refractivity contribution is 5.25. The Hall–Kier alpha value is -1.72. The van der Waals surface area contributed by atoms with Crippen LogP contribution >= 0.6 is 0 Å².